The van der Waals surface area contributed by atoms with Crippen molar-refractivity contribution < 1.29 is 18.7 Å². The number of urea groups is 1. The highest BCUT2D eigenvalue weighted by molar-refractivity contribution is 7.97. The third-order valence-electron chi connectivity index (χ3n) is 5.10. The van der Waals surface area contributed by atoms with Crippen LogP contribution in [-0.2, 0) is 4.79 Å². The lowest BCUT2D eigenvalue weighted by Crippen LogP contribution is -2.45. The lowest BCUT2D eigenvalue weighted by Gasteiger charge is -2.27. The van der Waals surface area contributed by atoms with Gasteiger partial charge in [0.15, 0.2) is 11.6 Å². The summed E-state index contributed by atoms with van der Waals surface area (Å²) in [6.07, 6.45) is 2.89. The number of rotatable bonds is 12. The summed E-state index contributed by atoms with van der Waals surface area (Å²) in [6, 6.07) is 4.82. The number of nitrogens with one attached hydrogen (secondary N) is 3. The number of halogens is 1. The van der Waals surface area contributed by atoms with Gasteiger partial charge in [0.2, 0.25) is 5.91 Å². The average Bonchev–Trinajstić information content (AvgIpc) is 2.98. The van der Waals surface area contributed by atoms with Crippen LogP contribution in [-0.4, -0.2) is 55.4 Å². The first-order chi connectivity index (χ1) is 14.0. The van der Waals surface area contributed by atoms with Crippen LogP contribution in [0.4, 0.5) is 9.18 Å². The van der Waals surface area contributed by atoms with Gasteiger partial charge in [-0.3, -0.25) is 14.8 Å². The normalized spacial score (nSPS) is 17.9. The van der Waals surface area contributed by atoms with Gasteiger partial charge in [-0.05, 0) is 37.5 Å². The van der Waals surface area contributed by atoms with Crippen LogP contribution in [0.2, 0.25) is 0 Å². The Morgan fingerprint density at radius 1 is 1.31 bits per heavy atom. The maximum absolute atomic E-state index is 14.0. The van der Waals surface area contributed by atoms with Gasteiger partial charge in [-0.15, -0.1) is 0 Å². The van der Waals surface area contributed by atoms with Crippen molar-refractivity contribution in [3.8, 4) is 5.75 Å². The van der Waals surface area contributed by atoms with Gasteiger partial charge in [0.25, 0.3) is 0 Å². The predicted octanol–water partition coefficient (Wildman–Crippen LogP) is 2.44. The van der Waals surface area contributed by atoms with E-state index in [2.05, 4.69) is 15.4 Å². The molecule has 1 unspecified atom stereocenters. The molecule has 9 heteroatoms. The summed E-state index contributed by atoms with van der Waals surface area (Å²) in [4.78, 5) is 24.1. The fourth-order valence-corrected chi connectivity index (χ4v) is 4.00. The number of benzene rings is 1. The maximum atomic E-state index is 14.0. The molecule has 7 nitrogen and oxygen atoms in total. The SMILES string of the molecule is CC(NSCCCCCN1CC(=O)NC1=O)c1ccc(F)c(OCC2CNC2)c1. The molecule has 0 saturated carbocycles. The van der Waals surface area contributed by atoms with Gasteiger partial charge in [-0.1, -0.05) is 24.4 Å². The Labute approximate surface area is 175 Å². The molecular formula is C20H29FN4O3S. The molecule has 1 aromatic rings. The van der Waals surface area contributed by atoms with Crippen LogP contribution in [0.1, 0.15) is 37.8 Å². The van der Waals surface area contributed by atoms with Crippen LogP contribution in [0, 0.1) is 11.7 Å². The molecule has 1 atom stereocenters. The molecule has 0 radical (unpaired) electrons. The lowest BCUT2D eigenvalue weighted by atomic mass is 10.1. The molecule has 0 bridgehead atoms. The van der Waals surface area contributed by atoms with Crippen molar-refractivity contribution in [1.82, 2.24) is 20.3 Å². The highest BCUT2D eigenvalue weighted by Crippen LogP contribution is 2.25. The fraction of sp³-hybridized carbons (Fsp3) is 0.600. The van der Waals surface area contributed by atoms with Crippen molar-refractivity contribution in [1.29, 1.82) is 0 Å². The molecule has 2 saturated heterocycles. The minimum Gasteiger partial charge on any atom is -0.490 e. The number of imide groups is 1. The second-order valence-corrected chi connectivity index (χ2v) is 8.48. The highest BCUT2D eigenvalue weighted by Gasteiger charge is 2.25. The molecule has 2 aliphatic heterocycles. The Kier molecular flexibility index (Phi) is 8.14. The molecule has 3 N–H and O–H groups in total. The van der Waals surface area contributed by atoms with Gasteiger partial charge in [0, 0.05) is 37.3 Å². The van der Waals surface area contributed by atoms with E-state index >= 15 is 0 Å². The maximum Gasteiger partial charge on any atom is 0.324 e. The number of carbonyl (C=O) groups is 2. The Balaban J connectivity index is 1.30. The van der Waals surface area contributed by atoms with Crippen molar-refractivity contribution in [3.63, 3.8) is 0 Å². The zero-order valence-corrected chi connectivity index (χ0v) is 17.5. The standard InChI is InChI=1S/C20H29FN4O3S/c1-14(16-5-6-17(21)18(9-16)28-13-15-10-22-11-15)24-29-8-4-2-3-7-25-12-19(26)23-20(25)27/h5-6,9,14-15,22,24H,2-4,7-8,10-13H2,1H3,(H,23,26,27). The molecule has 3 amide bonds. The number of hydrogen-bond acceptors (Lipinski definition) is 6. The van der Waals surface area contributed by atoms with E-state index in [1.54, 1.807) is 29.0 Å². The number of nitrogens with zero attached hydrogens (tertiary/aromatic N) is 1. The molecule has 0 aliphatic carbocycles. The van der Waals surface area contributed by atoms with E-state index in [4.69, 9.17) is 4.74 Å². The van der Waals surface area contributed by atoms with Crippen molar-refractivity contribution in [2.45, 2.75) is 32.2 Å². The number of hydrogen-bond donors (Lipinski definition) is 3. The molecule has 160 valence electrons. The first kappa shape index (κ1) is 21.9. The van der Waals surface area contributed by atoms with E-state index < -0.39 is 0 Å². The fourth-order valence-electron chi connectivity index (χ4n) is 3.14. The first-order valence-electron chi connectivity index (χ1n) is 10.1. The minimum atomic E-state index is -0.325. The molecule has 29 heavy (non-hydrogen) atoms. The van der Waals surface area contributed by atoms with E-state index in [1.165, 1.54) is 6.07 Å². The summed E-state index contributed by atoms with van der Waals surface area (Å²) in [6.45, 7) is 5.23. The Morgan fingerprint density at radius 3 is 2.83 bits per heavy atom. The zero-order valence-electron chi connectivity index (χ0n) is 16.7. The van der Waals surface area contributed by atoms with Gasteiger partial charge >= 0.3 is 6.03 Å². The predicted molar refractivity (Wildman–Crippen MR) is 111 cm³/mol. The summed E-state index contributed by atoms with van der Waals surface area (Å²) in [5.74, 6) is 1.17. The quantitative estimate of drug-likeness (QED) is 0.272. The largest absolute Gasteiger partial charge is 0.490 e. The molecule has 3 rings (SSSR count). The Bertz CT molecular complexity index is 717. The third-order valence-corrected chi connectivity index (χ3v) is 6.11. The molecule has 1 aromatic carbocycles. The van der Waals surface area contributed by atoms with Crippen molar-refractivity contribution in [2.75, 3.05) is 38.5 Å². The van der Waals surface area contributed by atoms with Crippen molar-refractivity contribution in [3.05, 3.63) is 29.6 Å². The summed E-state index contributed by atoms with van der Waals surface area (Å²) < 4.78 is 23.0. The minimum absolute atomic E-state index is 0.0765. The summed E-state index contributed by atoms with van der Waals surface area (Å²) in [5.41, 5.74) is 0.991. The second kappa shape index (κ2) is 10.8. The smallest absolute Gasteiger partial charge is 0.324 e. The van der Waals surface area contributed by atoms with E-state index in [9.17, 15) is 14.0 Å². The van der Waals surface area contributed by atoms with Crippen LogP contribution >= 0.6 is 11.9 Å². The first-order valence-corrected chi connectivity index (χ1v) is 11.1. The average molecular weight is 425 g/mol. The van der Waals surface area contributed by atoms with Gasteiger partial charge in [0.1, 0.15) is 6.54 Å². The summed E-state index contributed by atoms with van der Waals surface area (Å²) in [7, 11) is 0. The monoisotopic (exact) mass is 424 g/mol. The topological polar surface area (TPSA) is 82.7 Å². The third kappa shape index (κ3) is 6.58. The van der Waals surface area contributed by atoms with Crippen LogP contribution in [0.15, 0.2) is 18.2 Å². The van der Waals surface area contributed by atoms with Crippen molar-refractivity contribution >= 4 is 23.9 Å². The summed E-state index contributed by atoms with van der Waals surface area (Å²) >= 11 is 1.64. The van der Waals surface area contributed by atoms with E-state index in [0.29, 0.717) is 24.8 Å². The van der Waals surface area contributed by atoms with Crippen LogP contribution in [0.5, 0.6) is 5.75 Å². The van der Waals surface area contributed by atoms with Crippen LogP contribution in [0.3, 0.4) is 0 Å². The van der Waals surface area contributed by atoms with Gasteiger partial charge in [-0.2, -0.15) is 0 Å². The molecular weight excluding hydrogens is 395 g/mol. The zero-order chi connectivity index (χ0) is 20.6. The number of unbranched alkanes of at least 4 members (excludes halogenated alkanes) is 2. The van der Waals surface area contributed by atoms with Crippen LogP contribution in [0.25, 0.3) is 0 Å². The Hall–Kier alpha value is -1.84. The summed E-state index contributed by atoms with van der Waals surface area (Å²) in [5, 5.41) is 5.46. The van der Waals surface area contributed by atoms with E-state index in [-0.39, 0.29) is 30.3 Å². The van der Waals surface area contributed by atoms with Crippen LogP contribution < -0.4 is 20.1 Å². The second-order valence-electron chi connectivity index (χ2n) is 7.55. The lowest BCUT2D eigenvalue weighted by molar-refractivity contribution is -0.118. The number of carbonyl (C=O) groups excluding carboxylic acids is 2. The Morgan fingerprint density at radius 2 is 2.14 bits per heavy atom. The van der Waals surface area contributed by atoms with Gasteiger partial charge in [0.05, 0.1) is 6.61 Å². The van der Waals surface area contributed by atoms with Gasteiger partial charge in [-0.25, -0.2) is 9.18 Å². The molecule has 2 aliphatic rings. The van der Waals surface area contributed by atoms with E-state index in [1.807, 2.05) is 6.92 Å². The van der Waals surface area contributed by atoms with E-state index in [0.717, 1.165) is 43.7 Å². The number of ether oxygens (including phenoxy) is 1. The van der Waals surface area contributed by atoms with Gasteiger partial charge < -0.3 is 15.0 Å². The van der Waals surface area contributed by atoms with Crippen molar-refractivity contribution in [2.24, 2.45) is 5.92 Å². The molecule has 2 fully saturated rings. The highest BCUT2D eigenvalue weighted by atomic mass is 32.2. The molecule has 0 aromatic heterocycles. The molecule has 2 heterocycles. The molecule has 0 spiro atoms. The number of amides is 3.